The minimum absolute atomic E-state index is 0.211. The quantitative estimate of drug-likeness (QED) is 0.624. The molecule has 0 radical (unpaired) electrons. The molecule has 0 bridgehead atoms. The lowest BCUT2D eigenvalue weighted by Crippen LogP contribution is -2.37. The van der Waals surface area contributed by atoms with Gasteiger partial charge in [-0.15, -0.1) is 12.6 Å². The van der Waals surface area contributed by atoms with E-state index in [4.69, 9.17) is 0 Å². The number of phenols is 1. The number of phenolic OH excluding ortho intramolecular Hbond substituents is 1. The van der Waals surface area contributed by atoms with Crippen LogP contribution in [0.5, 0.6) is 5.75 Å². The van der Waals surface area contributed by atoms with Crippen LogP contribution in [-0.2, 0) is 0 Å². The van der Waals surface area contributed by atoms with Crippen LogP contribution in [0.1, 0.15) is 11.1 Å². The first-order valence-electron chi connectivity index (χ1n) is 7.74. The van der Waals surface area contributed by atoms with Gasteiger partial charge in [-0.05, 0) is 30.0 Å². The Kier molecular flexibility index (Phi) is 3.58. The largest absolute Gasteiger partial charge is 0.507 e. The second kappa shape index (κ2) is 5.76. The van der Waals surface area contributed by atoms with E-state index in [1.165, 1.54) is 0 Å². The Bertz CT molecular complexity index is 929. The number of hydrogen-bond acceptors (Lipinski definition) is 5. The number of nitrogens with zero attached hydrogens (tertiary/aromatic N) is 2. The Morgan fingerprint density at radius 3 is 2.62 bits per heavy atom. The normalized spacial score (nSPS) is 17.0. The first-order chi connectivity index (χ1) is 11.7. The number of aromatic hydroxyl groups is 1. The third-order valence-corrected chi connectivity index (χ3v) is 4.61. The van der Waals surface area contributed by atoms with E-state index in [9.17, 15) is 5.11 Å². The van der Waals surface area contributed by atoms with Gasteiger partial charge in [0, 0.05) is 5.39 Å². The molecule has 0 amide bonds. The number of fused-ring (bicyclic) bond motifs is 1. The molecule has 0 saturated carbocycles. The van der Waals surface area contributed by atoms with Gasteiger partial charge in [0.1, 0.15) is 5.75 Å². The molecule has 0 saturated heterocycles. The van der Waals surface area contributed by atoms with Gasteiger partial charge in [0.05, 0.1) is 11.3 Å². The molecule has 24 heavy (non-hydrogen) atoms. The number of thiol groups is 1. The third-order valence-electron chi connectivity index (χ3n) is 4.26. The molecular formula is C19H17N3OS. The van der Waals surface area contributed by atoms with Gasteiger partial charge in [-0.2, -0.15) is 5.10 Å². The Morgan fingerprint density at radius 1 is 1.04 bits per heavy atom. The number of hydrogen-bond donors (Lipinski definition) is 3. The maximum absolute atomic E-state index is 10.4. The second-order valence-electron chi connectivity index (χ2n) is 5.78. The van der Waals surface area contributed by atoms with Crippen LogP contribution in [0.25, 0.3) is 10.8 Å². The predicted octanol–water partition coefficient (Wildman–Crippen LogP) is 3.84. The smallest absolute Gasteiger partial charge is 0.166 e. The lowest BCUT2D eigenvalue weighted by atomic mass is 10.0. The number of rotatable bonds is 2. The molecule has 0 aromatic heterocycles. The van der Waals surface area contributed by atoms with Gasteiger partial charge in [0.2, 0.25) is 0 Å². The van der Waals surface area contributed by atoms with Gasteiger partial charge < -0.3 is 5.11 Å². The van der Waals surface area contributed by atoms with E-state index in [1.54, 1.807) is 6.07 Å². The van der Waals surface area contributed by atoms with Crippen molar-refractivity contribution in [3.05, 3.63) is 71.8 Å². The zero-order valence-electron chi connectivity index (χ0n) is 13.1. The van der Waals surface area contributed by atoms with E-state index in [0.29, 0.717) is 5.84 Å². The topological polar surface area (TPSA) is 47.9 Å². The molecule has 1 aliphatic heterocycles. The predicted molar refractivity (Wildman–Crippen MR) is 102 cm³/mol. The summed E-state index contributed by atoms with van der Waals surface area (Å²) in [6.07, 6.45) is 0. The highest BCUT2D eigenvalue weighted by Crippen LogP contribution is 2.34. The van der Waals surface area contributed by atoms with E-state index in [1.807, 2.05) is 48.2 Å². The third kappa shape index (κ3) is 2.29. The summed E-state index contributed by atoms with van der Waals surface area (Å²) in [7, 11) is 0. The fourth-order valence-corrected chi connectivity index (χ4v) is 3.42. The minimum atomic E-state index is -0.301. The maximum atomic E-state index is 10.4. The summed E-state index contributed by atoms with van der Waals surface area (Å²) < 4.78 is 0. The molecule has 4 rings (SSSR count). The molecule has 3 aromatic rings. The van der Waals surface area contributed by atoms with Crippen LogP contribution in [0.2, 0.25) is 0 Å². The molecule has 1 heterocycles. The van der Waals surface area contributed by atoms with Crippen LogP contribution in [-0.4, -0.2) is 16.4 Å². The molecule has 1 unspecified atom stereocenters. The van der Waals surface area contributed by atoms with Crippen LogP contribution >= 0.6 is 12.6 Å². The standard InChI is InChI=1S/C19H17N3OS/c1-12-6-4-11-16(23)17(12)18-20-21-19(24)22(18)15-10-5-8-13-7-2-3-9-14(13)15/h2-11,19,21,23-24H,1H3. The van der Waals surface area contributed by atoms with Crippen LogP contribution in [0.3, 0.4) is 0 Å². The van der Waals surface area contributed by atoms with Gasteiger partial charge in [0.25, 0.3) is 0 Å². The molecular weight excluding hydrogens is 318 g/mol. The number of anilines is 1. The van der Waals surface area contributed by atoms with Crippen molar-refractivity contribution >= 4 is 34.9 Å². The van der Waals surface area contributed by atoms with Crippen molar-refractivity contribution in [3.63, 3.8) is 0 Å². The Hall–Kier alpha value is -2.66. The van der Waals surface area contributed by atoms with E-state index in [2.05, 4.69) is 41.4 Å². The summed E-state index contributed by atoms with van der Waals surface area (Å²) in [5, 5.41) is 17.0. The summed E-state index contributed by atoms with van der Waals surface area (Å²) in [5.74, 6) is 0.880. The van der Waals surface area contributed by atoms with Gasteiger partial charge in [-0.1, -0.05) is 48.5 Å². The second-order valence-corrected chi connectivity index (χ2v) is 6.26. The Balaban J connectivity index is 1.91. The van der Waals surface area contributed by atoms with Gasteiger partial charge in [0.15, 0.2) is 11.3 Å². The maximum Gasteiger partial charge on any atom is 0.166 e. The van der Waals surface area contributed by atoms with Crippen LogP contribution < -0.4 is 10.3 Å². The molecule has 5 heteroatoms. The lowest BCUT2D eigenvalue weighted by molar-refractivity contribution is 0.473. The monoisotopic (exact) mass is 335 g/mol. The highest BCUT2D eigenvalue weighted by atomic mass is 32.1. The summed E-state index contributed by atoms with van der Waals surface area (Å²) in [4.78, 5) is 2.01. The zero-order chi connectivity index (χ0) is 16.7. The van der Waals surface area contributed by atoms with Crippen molar-refractivity contribution in [2.75, 3.05) is 4.90 Å². The average molecular weight is 335 g/mol. The first-order valence-corrected chi connectivity index (χ1v) is 8.25. The average Bonchev–Trinajstić information content (AvgIpc) is 2.95. The van der Waals surface area contributed by atoms with Crippen molar-refractivity contribution in [2.45, 2.75) is 12.4 Å². The summed E-state index contributed by atoms with van der Waals surface area (Å²) in [5.41, 5.74) is 5.38. The SMILES string of the molecule is Cc1cccc(O)c1C1=NNC(S)N1c1cccc2ccccc12. The summed E-state index contributed by atoms with van der Waals surface area (Å²) in [6.45, 7) is 1.96. The summed E-state index contributed by atoms with van der Waals surface area (Å²) in [6, 6.07) is 19.8. The molecule has 0 spiro atoms. The Morgan fingerprint density at radius 2 is 1.79 bits per heavy atom. The zero-order valence-corrected chi connectivity index (χ0v) is 14.0. The minimum Gasteiger partial charge on any atom is -0.507 e. The van der Waals surface area contributed by atoms with E-state index >= 15 is 0 Å². The van der Waals surface area contributed by atoms with Crippen molar-refractivity contribution in [1.82, 2.24) is 5.43 Å². The number of nitrogens with one attached hydrogen (secondary N) is 1. The van der Waals surface area contributed by atoms with E-state index in [-0.39, 0.29) is 11.2 Å². The molecule has 3 aromatic carbocycles. The molecule has 1 aliphatic rings. The molecule has 1 atom stereocenters. The Labute approximate surface area is 145 Å². The van der Waals surface area contributed by atoms with E-state index < -0.39 is 0 Å². The number of hydrazone groups is 1. The highest BCUT2D eigenvalue weighted by Gasteiger charge is 2.30. The number of benzene rings is 3. The molecule has 4 nitrogen and oxygen atoms in total. The van der Waals surface area contributed by atoms with Gasteiger partial charge in [-0.3, -0.25) is 10.3 Å². The van der Waals surface area contributed by atoms with Crippen molar-refractivity contribution in [1.29, 1.82) is 0 Å². The molecule has 0 aliphatic carbocycles. The van der Waals surface area contributed by atoms with Gasteiger partial charge in [-0.25, -0.2) is 0 Å². The van der Waals surface area contributed by atoms with Crippen LogP contribution in [0, 0.1) is 6.92 Å². The van der Waals surface area contributed by atoms with Crippen LogP contribution in [0.15, 0.2) is 65.8 Å². The summed E-state index contributed by atoms with van der Waals surface area (Å²) >= 11 is 4.62. The highest BCUT2D eigenvalue weighted by molar-refractivity contribution is 7.81. The van der Waals surface area contributed by atoms with Crippen molar-refractivity contribution in [3.8, 4) is 5.75 Å². The fraction of sp³-hybridized carbons (Fsp3) is 0.105. The molecule has 120 valence electrons. The number of aryl methyl sites for hydroxylation is 1. The van der Waals surface area contributed by atoms with E-state index in [0.717, 1.165) is 27.6 Å². The van der Waals surface area contributed by atoms with Gasteiger partial charge >= 0.3 is 0 Å². The fourth-order valence-electron chi connectivity index (χ4n) is 3.13. The first kappa shape index (κ1) is 14.9. The lowest BCUT2D eigenvalue weighted by Gasteiger charge is -2.26. The van der Waals surface area contributed by atoms with Crippen molar-refractivity contribution in [2.24, 2.45) is 5.10 Å². The number of amidine groups is 1. The van der Waals surface area contributed by atoms with Crippen molar-refractivity contribution < 1.29 is 5.11 Å². The molecule has 0 fully saturated rings. The van der Waals surface area contributed by atoms with Crippen LogP contribution in [0.4, 0.5) is 5.69 Å². The molecule has 2 N–H and O–H groups in total.